The maximum Gasteiger partial charge on any atom is 0.0465 e. The molecular formula is C8H12O. The van der Waals surface area contributed by atoms with Crippen LogP contribution in [0, 0.1) is 11.8 Å². The second-order valence-electron chi connectivity index (χ2n) is 1.77. The number of hydrogen-bond donors (Lipinski definition) is 1. The van der Waals surface area contributed by atoms with Crippen molar-refractivity contribution in [1.29, 1.82) is 0 Å². The highest BCUT2D eigenvalue weighted by molar-refractivity contribution is 5.25. The molecule has 0 spiro atoms. The lowest BCUT2D eigenvalue weighted by molar-refractivity contribution is 0.302. The van der Waals surface area contributed by atoms with Crippen molar-refractivity contribution in [2.24, 2.45) is 0 Å². The topological polar surface area (TPSA) is 20.2 Å². The summed E-state index contributed by atoms with van der Waals surface area (Å²) in [6.45, 7) is 3.95. The van der Waals surface area contributed by atoms with Crippen LogP contribution < -0.4 is 0 Å². The van der Waals surface area contributed by atoms with Crippen molar-refractivity contribution in [1.82, 2.24) is 0 Å². The molecule has 1 N–H and O–H groups in total. The molecular weight excluding hydrogens is 112 g/mol. The van der Waals surface area contributed by atoms with Crippen molar-refractivity contribution in [2.45, 2.75) is 20.3 Å². The van der Waals surface area contributed by atoms with E-state index in [9.17, 15) is 0 Å². The van der Waals surface area contributed by atoms with Crippen LogP contribution in [-0.2, 0) is 0 Å². The largest absolute Gasteiger partial charge is 0.396 e. The smallest absolute Gasteiger partial charge is 0.0465 e. The third-order valence-corrected chi connectivity index (χ3v) is 0.902. The molecule has 0 aromatic heterocycles. The van der Waals surface area contributed by atoms with Gasteiger partial charge in [-0.05, 0) is 25.8 Å². The minimum atomic E-state index is 0.211. The summed E-state index contributed by atoms with van der Waals surface area (Å²) in [4.78, 5) is 0. The summed E-state index contributed by atoms with van der Waals surface area (Å²) >= 11 is 0. The SMILES string of the molecule is CC#C/C(C)=C\CCO. The molecule has 0 aromatic carbocycles. The average molecular weight is 124 g/mol. The Morgan fingerprint density at radius 2 is 2.33 bits per heavy atom. The fourth-order valence-corrected chi connectivity index (χ4v) is 0.529. The molecule has 9 heavy (non-hydrogen) atoms. The number of aliphatic hydroxyl groups is 1. The Hall–Kier alpha value is -0.740. The van der Waals surface area contributed by atoms with Crippen LogP contribution in [0.2, 0.25) is 0 Å². The summed E-state index contributed by atoms with van der Waals surface area (Å²) in [6.07, 6.45) is 2.64. The predicted molar refractivity (Wildman–Crippen MR) is 38.9 cm³/mol. The number of aliphatic hydroxyl groups excluding tert-OH is 1. The van der Waals surface area contributed by atoms with Gasteiger partial charge in [0.2, 0.25) is 0 Å². The molecule has 0 unspecified atom stereocenters. The van der Waals surface area contributed by atoms with E-state index >= 15 is 0 Å². The van der Waals surface area contributed by atoms with Crippen molar-refractivity contribution in [2.75, 3.05) is 6.61 Å². The molecule has 1 heteroatoms. The van der Waals surface area contributed by atoms with Crippen LogP contribution in [-0.4, -0.2) is 11.7 Å². The quantitative estimate of drug-likeness (QED) is 0.551. The minimum absolute atomic E-state index is 0.211. The summed E-state index contributed by atoms with van der Waals surface area (Å²) in [5, 5.41) is 8.39. The molecule has 0 bridgehead atoms. The van der Waals surface area contributed by atoms with Crippen LogP contribution in [0.4, 0.5) is 0 Å². The van der Waals surface area contributed by atoms with Gasteiger partial charge < -0.3 is 5.11 Å². The Labute approximate surface area is 56.4 Å². The molecule has 0 heterocycles. The van der Waals surface area contributed by atoms with E-state index in [1.807, 2.05) is 13.0 Å². The fourth-order valence-electron chi connectivity index (χ4n) is 0.529. The maximum absolute atomic E-state index is 8.39. The van der Waals surface area contributed by atoms with Gasteiger partial charge in [0.1, 0.15) is 0 Å². The van der Waals surface area contributed by atoms with E-state index < -0.39 is 0 Å². The molecule has 1 nitrogen and oxygen atoms in total. The molecule has 0 rings (SSSR count). The van der Waals surface area contributed by atoms with Gasteiger partial charge in [0.05, 0.1) is 0 Å². The van der Waals surface area contributed by atoms with Crippen molar-refractivity contribution in [3.8, 4) is 11.8 Å². The molecule has 0 aliphatic heterocycles. The monoisotopic (exact) mass is 124 g/mol. The van der Waals surface area contributed by atoms with E-state index in [1.165, 1.54) is 0 Å². The van der Waals surface area contributed by atoms with E-state index in [2.05, 4.69) is 11.8 Å². The van der Waals surface area contributed by atoms with Gasteiger partial charge in [-0.1, -0.05) is 12.0 Å². The van der Waals surface area contributed by atoms with Crippen LogP contribution >= 0.6 is 0 Å². The zero-order valence-corrected chi connectivity index (χ0v) is 5.94. The first kappa shape index (κ1) is 8.26. The summed E-state index contributed by atoms with van der Waals surface area (Å²) in [5.74, 6) is 5.66. The number of hydrogen-bond acceptors (Lipinski definition) is 1. The van der Waals surface area contributed by atoms with E-state index in [4.69, 9.17) is 5.11 Å². The Morgan fingerprint density at radius 1 is 1.67 bits per heavy atom. The van der Waals surface area contributed by atoms with Crippen LogP contribution in [0.15, 0.2) is 11.6 Å². The third kappa shape index (κ3) is 5.13. The van der Waals surface area contributed by atoms with Crippen molar-refractivity contribution in [3.63, 3.8) is 0 Å². The number of allylic oxidation sites excluding steroid dienone is 1. The van der Waals surface area contributed by atoms with Crippen LogP contribution in [0.25, 0.3) is 0 Å². The van der Waals surface area contributed by atoms with Crippen molar-refractivity contribution < 1.29 is 5.11 Å². The predicted octanol–water partition coefficient (Wildman–Crippen LogP) is 1.34. The van der Waals surface area contributed by atoms with Gasteiger partial charge in [0.25, 0.3) is 0 Å². The maximum atomic E-state index is 8.39. The highest BCUT2D eigenvalue weighted by atomic mass is 16.2. The zero-order chi connectivity index (χ0) is 7.11. The lowest BCUT2D eigenvalue weighted by Gasteiger charge is -1.85. The highest BCUT2D eigenvalue weighted by Crippen LogP contribution is 1.91. The molecule has 0 amide bonds. The zero-order valence-electron chi connectivity index (χ0n) is 5.94. The normalized spacial score (nSPS) is 10.3. The number of rotatable bonds is 2. The Balaban J connectivity index is 3.65. The van der Waals surface area contributed by atoms with Crippen molar-refractivity contribution in [3.05, 3.63) is 11.6 Å². The van der Waals surface area contributed by atoms with Gasteiger partial charge in [-0.3, -0.25) is 0 Å². The molecule has 0 saturated carbocycles. The van der Waals surface area contributed by atoms with Crippen molar-refractivity contribution >= 4 is 0 Å². The first-order valence-electron chi connectivity index (χ1n) is 3.01. The van der Waals surface area contributed by atoms with Gasteiger partial charge in [-0.2, -0.15) is 0 Å². The molecule has 0 aliphatic rings. The molecule has 50 valence electrons. The lowest BCUT2D eigenvalue weighted by Crippen LogP contribution is -1.77. The molecule has 0 aliphatic carbocycles. The highest BCUT2D eigenvalue weighted by Gasteiger charge is 1.78. The van der Waals surface area contributed by atoms with Crippen LogP contribution in [0.3, 0.4) is 0 Å². The Morgan fingerprint density at radius 3 is 2.78 bits per heavy atom. The molecule has 0 radical (unpaired) electrons. The van der Waals surface area contributed by atoms with Gasteiger partial charge >= 0.3 is 0 Å². The van der Waals surface area contributed by atoms with E-state index in [0.29, 0.717) is 6.42 Å². The van der Waals surface area contributed by atoms with E-state index in [-0.39, 0.29) is 6.61 Å². The molecule has 0 fully saturated rings. The molecule has 0 atom stereocenters. The second kappa shape index (κ2) is 5.40. The van der Waals surface area contributed by atoms with Crippen LogP contribution in [0.1, 0.15) is 20.3 Å². The molecule has 0 saturated heterocycles. The fraction of sp³-hybridized carbons (Fsp3) is 0.500. The Kier molecular flexibility index (Phi) is 4.95. The summed E-state index contributed by atoms with van der Waals surface area (Å²) in [7, 11) is 0. The lowest BCUT2D eigenvalue weighted by atomic mass is 10.2. The molecule has 0 aromatic rings. The second-order valence-corrected chi connectivity index (χ2v) is 1.77. The Bertz CT molecular complexity index is 146. The van der Waals surface area contributed by atoms with Gasteiger partial charge in [-0.15, -0.1) is 5.92 Å². The minimum Gasteiger partial charge on any atom is -0.396 e. The van der Waals surface area contributed by atoms with Gasteiger partial charge in [0, 0.05) is 6.61 Å². The summed E-state index contributed by atoms with van der Waals surface area (Å²) < 4.78 is 0. The third-order valence-electron chi connectivity index (χ3n) is 0.902. The van der Waals surface area contributed by atoms with Crippen LogP contribution in [0.5, 0.6) is 0 Å². The standard InChI is InChI=1S/C8H12O/c1-3-5-8(2)6-4-7-9/h6,9H,4,7H2,1-2H3/b8-6-. The average Bonchev–Trinajstić information content (AvgIpc) is 1.85. The first-order chi connectivity index (χ1) is 4.31. The summed E-state index contributed by atoms with van der Waals surface area (Å²) in [5.41, 5.74) is 1.03. The summed E-state index contributed by atoms with van der Waals surface area (Å²) in [6, 6.07) is 0. The first-order valence-corrected chi connectivity index (χ1v) is 3.01. The van der Waals surface area contributed by atoms with Gasteiger partial charge in [0.15, 0.2) is 0 Å². The van der Waals surface area contributed by atoms with Gasteiger partial charge in [-0.25, -0.2) is 0 Å². The van der Waals surface area contributed by atoms with E-state index in [1.54, 1.807) is 6.92 Å². The van der Waals surface area contributed by atoms with E-state index in [0.717, 1.165) is 5.57 Å².